The molecule has 0 unspecified atom stereocenters. The zero-order valence-electron chi connectivity index (χ0n) is 15.1. The highest BCUT2D eigenvalue weighted by atomic mass is 28.4. The van der Waals surface area contributed by atoms with Crippen molar-refractivity contribution in [1.29, 1.82) is 0 Å². The van der Waals surface area contributed by atoms with Crippen LogP contribution in [-0.2, 0) is 33.0 Å². The van der Waals surface area contributed by atoms with Gasteiger partial charge in [0.05, 0.1) is 0 Å². The van der Waals surface area contributed by atoms with Gasteiger partial charge in [-0.3, -0.25) is 0 Å². The van der Waals surface area contributed by atoms with Crippen LogP contribution in [0.2, 0.25) is 6.04 Å². The fraction of sp³-hybridized carbons (Fsp3) is 0.600. The molecule has 0 fully saturated rings. The SMILES string of the molecule is CO[Si](CCc1ccc([Si](OC)(OC)OC)c(C)c1)(OC)OC. The van der Waals surface area contributed by atoms with Crippen molar-refractivity contribution in [2.24, 2.45) is 0 Å². The largest absolute Gasteiger partial charge is 0.536 e. The van der Waals surface area contributed by atoms with E-state index in [1.807, 2.05) is 13.0 Å². The Hall–Kier alpha value is -0.586. The molecule has 0 atom stereocenters. The number of aryl methyl sites for hydroxylation is 2. The second-order valence-electron chi connectivity index (χ2n) is 5.11. The van der Waals surface area contributed by atoms with Crippen LogP contribution >= 0.6 is 0 Å². The summed E-state index contributed by atoms with van der Waals surface area (Å²) in [6.07, 6.45) is 0.810. The highest BCUT2D eigenvalue weighted by Crippen LogP contribution is 2.18. The number of benzene rings is 1. The summed E-state index contributed by atoms with van der Waals surface area (Å²) >= 11 is 0. The lowest BCUT2D eigenvalue weighted by atomic mass is 10.1. The van der Waals surface area contributed by atoms with Gasteiger partial charge in [-0.05, 0) is 24.5 Å². The van der Waals surface area contributed by atoms with Gasteiger partial charge in [0.2, 0.25) is 0 Å². The molecule has 23 heavy (non-hydrogen) atoms. The van der Waals surface area contributed by atoms with Crippen molar-refractivity contribution in [3.63, 3.8) is 0 Å². The lowest BCUT2D eigenvalue weighted by molar-refractivity contribution is 0.123. The van der Waals surface area contributed by atoms with Crippen LogP contribution < -0.4 is 5.19 Å². The molecule has 0 saturated carbocycles. The third-order valence-corrected chi connectivity index (χ3v) is 9.64. The van der Waals surface area contributed by atoms with E-state index < -0.39 is 17.6 Å². The summed E-state index contributed by atoms with van der Waals surface area (Å²) in [4.78, 5) is 0. The van der Waals surface area contributed by atoms with Crippen molar-refractivity contribution in [3.8, 4) is 0 Å². The third-order valence-electron chi connectivity index (χ3n) is 4.08. The third kappa shape index (κ3) is 4.49. The molecule has 0 aromatic heterocycles. The van der Waals surface area contributed by atoms with Crippen LogP contribution in [0.15, 0.2) is 18.2 Å². The summed E-state index contributed by atoms with van der Waals surface area (Å²) in [7, 11) is 4.36. The van der Waals surface area contributed by atoms with E-state index in [0.717, 1.165) is 23.2 Å². The minimum absolute atomic E-state index is 0.719. The summed E-state index contributed by atoms with van der Waals surface area (Å²) in [6, 6.07) is 6.91. The molecule has 0 spiro atoms. The second kappa shape index (κ2) is 9.04. The van der Waals surface area contributed by atoms with Crippen molar-refractivity contribution in [1.82, 2.24) is 0 Å². The van der Waals surface area contributed by atoms with E-state index in [4.69, 9.17) is 26.6 Å². The highest BCUT2D eigenvalue weighted by molar-refractivity contribution is 6.75. The predicted molar refractivity (Wildman–Crippen MR) is 92.9 cm³/mol. The molecule has 1 aromatic rings. The molecular formula is C15H28O6Si2. The molecule has 0 radical (unpaired) electrons. The Bertz CT molecular complexity index is 472. The van der Waals surface area contributed by atoms with Gasteiger partial charge < -0.3 is 26.6 Å². The Morgan fingerprint density at radius 2 is 1.30 bits per heavy atom. The van der Waals surface area contributed by atoms with Crippen molar-refractivity contribution in [2.45, 2.75) is 19.4 Å². The summed E-state index contributed by atoms with van der Waals surface area (Å²) < 4.78 is 33.0. The average Bonchev–Trinajstić information content (AvgIpc) is 2.60. The van der Waals surface area contributed by atoms with Gasteiger partial charge >= 0.3 is 17.6 Å². The van der Waals surface area contributed by atoms with Crippen LogP contribution in [0.25, 0.3) is 0 Å². The Morgan fingerprint density at radius 3 is 1.70 bits per heavy atom. The van der Waals surface area contributed by atoms with Crippen molar-refractivity contribution in [3.05, 3.63) is 29.3 Å². The van der Waals surface area contributed by atoms with E-state index in [1.54, 1.807) is 42.7 Å². The molecule has 0 bridgehead atoms. The maximum atomic E-state index is 5.55. The Balaban J connectivity index is 2.96. The number of rotatable bonds is 10. The van der Waals surface area contributed by atoms with Crippen molar-refractivity contribution in [2.75, 3.05) is 42.7 Å². The monoisotopic (exact) mass is 360 g/mol. The molecule has 6 nitrogen and oxygen atoms in total. The molecule has 1 rings (SSSR count). The Labute approximate surface area is 141 Å². The first-order valence-electron chi connectivity index (χ1n) is 7.37. The van der Waals surface area contributed by atoms with E-state index >= 15 is 0 Å². The lowest BCUT2D eigenvalue weighted by Gasteiger charge is -2.27. The van der Waals surface area contributed by atoms with Crippen LogP contribution in [0.3, 0.4) is 0 Å². The van der Waals surface area contributed by atoms with Gasteiger partial charge in [0, 0.05) is 53.9 Å². The smallest absolute Gasteiger partial charge is 0.377 e. The van der Waals surface area contributed by atoms with E-state index in [-0.39, 0.29) is 0 Å². The standard InChI is InChI=1S/C15H28O6Si2/c1-13-12-14(10-11-22(16-2,17-3)18-4)8-9-15(13)23(19-5,20-6)21-7/h8-9,12H,10-11H2,1-7H3. The molecular weight excluding hydrogens is 332 g/mol. The van der Waals surface area contributed by atoms with Gasteiger partial charge in [0.1, 0.15) is 0 Å². The van der Waals surface area contributed by atoms with Gasteiger partial charge in [-0.25, -0.2) is 0 Å². The highest BCUT2D eigenvalue weighted by Gasteiger charge is 2.42. The Kier molecular flexibility index (Phi) is 8.04. The second-order valence-corrected chi connectivity index (χ2v) is 11.1. The van der Waals surface area contributed by atoms with Gasteiger partial charge in [-0.1, -0.05) is 18.2 Å². The maximum absolute atomic E-state index is 5.55. The first kappa shape index (κ1) is 20.5. The molecule has 0 amide bonds. The van der Waals surface area contributed by atoms with E-state index in [1.165, 1.54) is 5.56 Å². The van der Waals surface area contributed by atoms with Gasteiger partial charge in [-0.2, -0.15) is 0 Å². The normalized spacial score (nSPS) is 12.7. The molecule has 132 valence electrons. The zero-order chi connectivity index (χ0) is 17.5. The summed E-state index contributed by atoms with van der Waals surface area (Å²) in [5, 5.41) is 0.975. The van der Waals surface area contributed by atoms with Crippen LogP contribution in [-0.4, -0.2) is 60.3 Å². The summed E-state index contributed by atoms with van der Waals surface area (Å²) in [5.41, 5.74) is 2.26. The summed E-state index contributed by atoms with van der Waals surface area (Å²) in [6.45, 7) is 2.03. The first-order valence-corrected chi connectivity index (χ1v) is 11.0. The number of hydrogen-bond acceptors (Lipinski definition) is 6. The lowest BCUT2D eigenvalue weighted by Crippen LogP contribution is -2.55. The first-order chi connectivity index (χ1) is 11.0. The minimum Gasteiger partial charge on any atom is -0.377 e. The van der Waals surface area contributed by atoms with Gasteiger partial charge in [0.25, 0.3) is 0 Å². The van der Waals surface area contributed by atoms with E-state index in [0.29, 0.717) is 0 Å². The zero-order valence-corrected chi connectivity index (χ0v) is 17.1. The van der Waals surface area contributed by atoms with Crippen LogP contribution in [0.5, 0.6) is 0 Å². The molecule has 0 saturated heterocycles. The van der Waals surface area contributed by atoms with Gasteiger partial charge in [-0.15, -0.1) is 0 Å². The summed E-state index contributed by atoms with van der Waals surface area (Å²) in [5.74, 6) is 0. The average molecular weight is 361 g/mol. The van der Waals surface area contributed by atoms with E-state index in [2.05, 4.69) is 12.1 Å². The fourth-order valence-corrected chi connectivity index (χ4v) is 6.37. The fourth-order valence-electron chi connectivity index (χ4n) is 2.66. The molecule has 8 heteroatoms. The maximum Gasteiger partial charge on any atom is 0.536 e. The molecule has 1 aromatic carbocycles. The van der Waals surface area contributed by atoms with Crippen LogP contribution in [0.1, 0.15) is 11.1 Å². The predicted octanol–water partition coefficient (Wildman–Crippen LogP) is 1.50. The molecule has 0 heterocycles. The molecule has 0 aliphatic carbocycles. The van der Waals surface area contributed by atoms with Gasteiger partial charge in [0.15, 0.2) is 0 Å². The Morgan fingerprint density at radius 1 is 0.783 bits per heavy atom. The molecule has 0 aliphatic heterocycles. The van der Waals surface area contributed by atoms with Crippen LogP contribution in [0.4, 0.5) is 0 Å². The van der Waals surface area contributed by atoms with Crippen molar-refractivity contribution < 1.29 is 26.6 Å². The van der Waals surface area contributed by atoms with E-state index in [9.17, 15) is 0 Å². The van der Waals surface area contributed by atoms with Crippen LogP contribution in [0, 0.1) is 6.92 Å². The number of hydrogen-bond donors (Lipinski definition) is 0. The molecule has 0 aliphatic rings. The quantitative estimate of drug-likeness (QED) is 0.590. The minimum atomic E-state index is -2.81. The topological polar surface area (TPSA) is 55.4 Å². The molecule has 0 N–H and O–H groups in total. The van der Waals surface area contributed by atoms with Crippen molar-refractivity contribution >= 4 is 22.8 Å².